The van der Waals surface area contributed by atoms with Crippen molar-refractivity contribution < 1.29 is 9.59 Å². The molecule has 0 unspecified atom stereocenters. The largest absolute Gasteiger partial charge is 0.368 e. The lowest BCUT2D eigenvalue weighted by atomic mass is 10.1. The van der Waals surface area contributed by atoms with Gasteiger partial charge in [0.2, 0.25) is 11.8 Å². The molecule has 0 radical (unpaired) electrons. The van der Waals surface area contributed by atoms with E-state index in [9.17, 15) is 9.59 Å². The first-order chi connectivity index (χ1) is 12.1. The molecule has 1 atom stereocenters. The zero-order chi connectivity index (χ0) is 17.8. The monoisotopic (exact) mass is 344 g/mol. The number of amides is 2. The maximum Gasteiger partial charge on any atom is 0.239 e. The predicted octanol–water partition coefficient (Wildman–Crippen LogP) is 0.888. The van der Waals surface area contributed by atoms with Gasteiger partial charge in [-0.3, -0.25) is 14.5 Å². The van der Waals surface area contributed by atoms with Crippen molar-refractivity contribution >= 4 is 17.5 Å². The van der Waals surface area contributed by atoms with Crippen LogP contribution in [0.1, 0.15) is 13.8 Å². The highest BCUT2D eigenvalue weighted by molar-refractivity contribution is 5.82. The molecule has 0 spiro atoms. The molecule has 25 heavy (non-hydrogen) atoms. The van der Waals surface area contributed by atoms with Gasteiger partial charge in [0.1, 0.15) is 0 Å². The second-order valence-electron chi connectivity index (χ2n) is 6.87. The van der Waals surface area contributed by atoms with Crippen LogP contribution < -0.4 is 4.90 Å². The Morgan fingerprint density at radius 3 is 1.96 bits per heavy atom. The Balaban J connectivity index is 1.50. The first-order valence-electron chi connectivity index (χ1n) is 9.14. The van der Waals surface area contributed by atoms with Gasteiger partial charge >= 0.3 is 0 Å². The van der Waals surface area contributed by atoms with Gasteiger partial charge < -0.3 is 14.7 Å². The van der Waals surface area contributed by atoms with Crippen LogP contribution in [0.25, 0.3) is 0 Å². The highest BCUT2D eigenvalue weighted by atomic mass is 16.2. The van der Waals surface area contributed by atoms with E-state index in [0.29, 0.717) is 0 Å². The summed E-state index contributed by atoms with van der Waals surface area (Å²) in [5.41, 5.74) is 1.23. The summed E-state index contributed by atoms with van der Waals surface area (Å²) >= 11 is 0. The van der Waals surface area contributed by atoms with Gasteiger partial charge in [0.25, 0.3) is 0 Å². The summed E-state index contributed by atoms with van der Waals surface area (Å²) in [7, 11) is 0. The molecule has 0 saturated carbocycles. The second-order valence-corrected chi connectivity index (χ2v) is 6.87. The molecule has 2 aliphatic rings. The van der Waals surface area contributed by atoms with E-state index in [2.05, 4.69) is 34.1 Å². The fourth-order valence-corrected chi connectivity index (χ4v) is 3.67. The van der Waals surface area contributed by atoms with Crippen LogP contribution in [0.3, 0.4) is 0 Å². The van der Waals surface area contributed by atoms with Crippen molar-refractivity contribution in [1.82, 2.24) is 14.7 Å². The molecule has 0 N–H and O–H groups in total. The maximum atomic E-state index is 12.8. The van der Waals surface area contributed by atoms with Gasteiger partial charge in [-0.05, 0) is 19.1 Å². The Morgan fingerprint density at radius 1 is 0.840 bits per heavy atom. The minimum atomic E-state index is -0.114. The zero-order valence-electron chi connectivity index (χ0n) is 15.2. The van der Waals surface area contributed by atoms with Gasteiger partial charge in [0.15, 0.2) is 0 Å². The van der Waals surface area contributed by atoms with Crippen LogP contribution in [0.4, 0.5) is 5.69 Å². The van der Waals surface area contributed by atoms with Crippen LogP contribution in [0, 0.1) is 0 Å². The van der Waals surface area contributed by atoms with Gasteiger partial charge in [-0.15, -0.1) is 0 Å². The van der Waals surface area contributed by atoms with Gasteiger partial charge in [-0.1, -0.05) is 18.2 Å². The zero-order valence-corrected chi connectivity index (χ0v) is 15.2. The highest BCUT2D eigenvalue weighted by Crippen LogP contribution is 2.17. The molecule has 2 heterocycles. The summed E-state index contributed by atoms with van der Waals surface area (Å²) in [6, 6.07) is 10.3. The third kappa shape index (κ3) is 4.12. The minimum Gasteiger partial charge on any atom is -0.368 e. The smallest absolute Gasteiger partial charge is 0.239 e. The van der Waals surface area contributed by atoms with Crippen LogP contribution in [-0.4, -0.2) is 84.9 Å². The topological polar surface area (TPSA) is 47.1 Å². The summed E-state index contributed by atoms with van der Waals surface area (Å²) in [6.07, 6.45) is 0. The maximum absolute atomic E-state index is 12.8. The van der Waals surface area contributed by atoms with Gasteiger partial charge in [0.05, 0.1) is 6.04 Å². The molecule has 2 aliphatic heterocycles. The Bertz CT molecular complexity index is 591. The second kappa shape index (κ2) is 7.87. The minimum absolute atomic E-state index is 0.114. The fraction of sp³-hybridized carbons (Fsp3) is 0.579. The Morgan fingerprint density at radius 2 is 1.40 bits per heavy atom. The fourth-order valence-electron chi connectivity index (χ4n) is 3.67. The van der Waals surface area contributed by atoms with E-state index < -0.39 is 0 Å². The third-order valence-corrected chi connectivity index (χ3v) is 5.38. The van der Waals surface area contributed by atoms with Gasteiger partial charge in [-0.25, -0.2) is 0 Å². The molecule has 136 valence electrons. The Kier molecular flexibility index (Phi) is 5.58. The van der Waals surface area contributed by atoms with E-state index in [4.69, 9.17) is 0 Å². The average molecular weight is 344 g/mol. The van der Waals surface area contributed by atoms with Crippen molar-refractivity contribution in [3.05, 3.63) is 30.3 Å². The summed E-state index contributed by atoms with van der Waals surface area (Å²) in [4.78, 5) is 32.6. The first-order valence-corrected chi connectivity index (χ1v) is 9.14. The summed E-state index contributed by atoms with van der Waals surface area (Å²) in [5.74, 6) is 0.333. The number of rotatable bonds is 3. The molecule has 0 aliphatic carbocycles. The number of para-hydroxylation sites is 1. The number of piperazine rings is 2. The number of hydrogen-bond acceptors (Lipinski definition) is 4. The van der Waals surface area contributed by atoms with E-state index >= 15 is 0 Å². The average Bonchev–Trinajstić information content (AvgIpc) is 2.67. The number of nitrogens with zero attached hydrogens (tertiary/aromatic N) is 4. The predicted molar refractivity (Wildman–Crippen MR) is 98.5 cm³/mol. The quantitative estimate of drug-likeness (QED) is 0.817. The van der Waals surface area contributed by atoms with Gasteiger partial charge in [0, 0.05) is 65.0 Å². The van der Waals surface area contributed by atoms with Crippen LogP contribution in [0.15, 0.2) is 30.3 Å². The van der Waals surface area contributed by atoms with Crippen LogP contribution >= 0.6 is 0 Å². The standard InChI is InChI=1S/C19H28N4O2/c1-16(20-8-10-21(11-9-20)17(2)24)19(25)23-14-12-22(13-15-23)18-6-4-3-5-7-18/h3-7,16H,8-15H2,1-2H3/t16-/m1/s1. The normalized spacial score (nSPS) is 20.5. The highest BCUT2D eigenvalue weighted by Gasteiger charge is 2.30. The third-order valence-electron chi connectivity index (χ3n) is 5.38. The molecule has 6 nitrogen and oxygen atoms in total. The molecule has 1 aromatic carbocycles. The lowest BCUT2D eigenvalue weighted by molar-refractivity contribution is -0.138. The lowest BCUT2D eigenvalue weighted by Gasteiger charge is -2.41. The van der Waals surface area contributed by atoms with Crippen LogP contribution in [0.5, 0.6) is 0 Å². The lowest BCUT2D eigenvalue weighted by Crippen LogP contribution is -2.57. The molecule has 0 aromatic heterocycles. The summed E-state index contributed by atoms with van der Waals surface area (Å²) < 4.78 is 0. The van der Waals surface area contributed by atoms with Crippen molar-refractivity contribution in [3.8, 4) is 0 Å². The molecular formula is C19H28N4O2. The molecule has 0 bridgehead atoms. The van der Waals surface area contributed by atoms with Crippen LogP contribution in [-0.2, 0) is 9.59 Å². The van der Waals surface area contributed by atoms with Gasteiger partial charge in [-0.2, -0.15) is 0 Å². The van der Waals surface area contributed by atoms with Crippen molar-refractivity contribution in [3.63, 3.8) is 0 Å². The van der Waals surface area contributed by atoms with Crippen molar-refractivity contribution in [1.29, 1.82) is 0 Å². The van der Waals surface area contributed by atoms with E-state index in [1.165, 1.54) is 5.69 Å². The Hall–Kier alpha value is -2.08. The molecule has 6 heteroatoms. The molecule has 2 saturated heterocycles. The molecule has 2 amide bonds. The molecule has 3 rings (SSSR count). The molecule has 1 aromatic rings. The van der Waals surface area contributed by atoms with Crippen molar-refractivity contribution in [2.45, 2.75) is 19.9 Å². The summed E-state index contributed by atoms with van der Waals surface area (Å²) in [6.45, 7) is 9.88. The number of carbonyl (C=O) groups excluding carboxylic acids is 2. The van der Waals surface area contributed by atoms with Crippen molar-refractivity contribution in [2.75, 3.05) is 57.3 Å². The first kappa shape index (κ1) is 17.7. The Labute approximate surface area is 150 Å². The summed E-state index contributed by atoms with van der Waals surface area (Å²) in [5, 5.41) is 0. The number of carbonyl (C=O) groups is 2. The molecular weight excluding hydrogens is 316 g/mol. The molecule has 2 fully saturated rings. The SMILES string of the molecule is CC(=O)N1CCN([C@H](C)C(=O)N2CCN(c3ccccc3)CC2)CC1. The van der Waals surface area contributed by atoms with Crippen LogP contribution in [0.2, 0.25) is 0 Å². The number of benzene rings is 1. The van der Waals surface area contributed by atoms with Crippen molar-refractivity contribution in [2.24, 2.45) is 0 Å². The van der Waals surface area contributed by atoms with E-state index in [-0.39, 0.29) is 17.9 Å². The van der Waals surface area contributed by atoms with E-state index in [1.54, 1.807) is 6.92 Å². The number of anilines is 1. The number of hydrogen-bond donors (Lipinski definition) is 0. The van der Waals surface area contributed by atoms with E-state index in [0.717, 1.165) is 52.4 Å². The van der Waals surface area contributed by atoms with E-state index in [1.807, 2.05) is 22.8 Å².